The van der Waals surface area contributed by atoms with Gasteiger partial charge in [0.1, 0.15) is 23.7 Å². The fourth-order valence-electron chi connectivity index (χ4n) is 4.26. The minimum Gasteiger partial charge on any atom is -0.444 e. The Morgan fingerprint density at radius 3 is 1.80 bits per heavy atom. The Labute approximate surface area is 244 Å². The molecular formula is C32H46N4O5. The zero-order chi connectivity index (χ0) is 30.6. The fourth-order valence-corrected chi connectivity index (χ4v) is 4.26. The van der Waals surface area contributed by atoms with Crippen molar-refractivity contribution in [2.75, 3.05) is 0 Å². The summed E-state index contributed by atoms with van der Waals surface area (Å²) in [5, 5.41) is 11.3. The van der Waals surface area contributed by atoms with Crippen LogP contribution >= 0.6 is 0 Å². The number of carbonyl (C=O) groups excluding carboxylic acids is 4. The average molecular weight is 567 g/mol. The predicted molar refractivity (Wildman–Crippen MR) is 160 cm³/mol. The molecule has 0 fully saturated rings. The second-order valence-corrected chi connectivity index (χ2v) is 11.6. The van der Waals surface area contributed by atoms with Gasteiger partial charge in [0, 0.05) is 6.42 Å². The SMILES string of the molecule is CCC[C@H](NC(=O)[C@H](Cc1ccccc1)NC(=O)[C@@H](NC(=O)OC(C)(C)C)C(C)C)C(=O)N[C@@H](C)c1ccccc1. The lowest BCUT2D eigenvalue weighted by Gasteiger charge is -2.28. The molecule has 9 heteroatoms. The predicted octanol–water partition coefficient (Wildman–Crippen LogP) is 4.43. The molecule has 0 aliphatic rings. The first-order valence-corrected chi connectivity index (χ1v) is 14.3. The van der Waals surface area contributed by atoms with Gasteiger partial charge in [-0.15, -0.1) is 0 Å². The highest BCUT2D eigenvalue weighted by Gasteiger charge is 2.32. The van der Waals surface area contributed by atoms with Crippen molar-refractivity contribution >= 4 is 23.8 Å². The topological polar surface area (TPSA) is 126 Å². The summed E-state index contributed by atoms with van der Waals surface area (Å²) in [5.74, 6) is -1.58. The number of nitrogens with one attached hydrogen (secondary N) is 4. The van der Waals surface area contributed by atoms with E-state index >= 15 is 0 Å². The van der Waals surface area contributed by atoms with Gasteiger partial charge in [-0.25, -0.2) is 4.79 Å². The van der Waals surface area contributed by atoms with E-state index in [9.17, 15) is 19.2 Å². The van der Waals surface area contributed by atoms with Gasteiger partial charge < -0.3 is 26.0 Å². The highest BCUT2D eigenvalue weighted by atomic mass is 16.6. The van der Waals surface area contributed by atoms with E-state index < -0.39 is 41.6 Å². The van der Waals surface area contributed by atoms with Gasteiger partial charge >= 0.3 is 6.09 Å². The normalized spacial score (nSPS) is 14.2. The number of ether oxygens (including phenoxy) is 1. The molecule has 0 saturated heterocycles. The Bertz CT molecular complexity index is 1130. The van der Waals surface area contributed by atoms with Crippen LogP contribution in [0.3, 0.4) is 0 Å². The molecule has 0 bridgehead atoms. The molecule has 4 N–H and O–H groups in total. The van der Waals surface area contributed by atoms with Gasteiger partial charge in [-0.3, -0.25) is 14.4 Å². The number of rotatable bonds is 13. The third-order valence-electron chi connectivity index (χ3n) is 6.41. The van der Waals surface area contributed by atoms with E-state index in [1.54, 1.807) is 34.6 Å². The molecule has 2 rings (SSSR count). The molecule has 0 unspecified atom stereocenters. The van der Waals surface area contributed by atoms with Crippen molar-refractivity contribution in [3.8, 4) is 0 Å². The van der Waals surface area contributed by atoms with Gasteiger partial charge in [0.15, 0.2) is 0 Å². The molecule has 2 aromatic rings. The van der Waals surface area contributed by atoms with Crippen LogP contribution in [0.1, 0.15) is 78.5 Å². The van der Waals surface area contributed by atoms with Crippen molar-refractivity contribution in [1.82, 2.24) is 21.3 Å². The van der Waals surface area contributed by atoms with Crippen LogP contribution in [0, 0.1) is 5.92 Å². The first kappa shape index (κ1) is 33.3. The highest BCUT2D eigenvalue weighted by molar-refractivity contribution is 5.94. The van der Waals surface area contributed by atoms with Gasteiger partial charge in [0.25, 0.3) is 0 Å². The molecule has 41 heavy (non-hydrogen) atoms. The summed E-state index contributed by atoms with van der Waals surface area (Å²) in [6.45, 7) is 12.6. The Balaban J connectivity index is 2.21. The van der Waals surface area contributed by atoms with Gasteiger partial charge in [-0.05, 0) is 51.2 Å². The lowest BCUT2D eigenvalue weighted by atomic mass is 10.0. The number of hydrogen-bond acceptors (Lipinski definition) is 5. The van der Waals surface area contributed by atoms with E-state index in [1.165, 1.54) is 0 Å². The van der Waals surface area contributed by atoms with E-state index in [1.807, 2.05) is 74.5 Å². The largest absolute Gasteiger partial charge is 0.444 e. The highest BCUT2D eigenvalue weighted by Crippen LogP contribution is 2.13. The van der Waals surface area contributed by atoms with Gasteiger partial charge in [-0.2, -0.15) is 0 Å². The van der Waals surface area contributed by atoms with Crippen LogP contribution in [0.5, 0.6) is 0 Å². The van der Waals surface area contributed by atoms with Crippen LogP contribution < -0.4 is 21.3 Å². The van der Waals surface area contributed by atoms with Crippen LogP contribution in [0.4, 0.5) is 4.79 Å². The molecule has 0 aliphatic carbocycles. The third kappa shape index (κ3) is 11.6. The molecule has 0 aliphatic heterocycles. The van der Waals surface area contributed by atoms with Crippen molar-refractivity contribution in [1.29, 1.82) is 0 Å². The zero-order valence-electron chi connectivity index (χ0n) is 25.3. The summed E-state index contributed by atoms with van der Waals surface area (Å²) in [4.78, 5) is 52.7. The molecule has 224 valence electrons. The summed E-state index contributed by atoms with van der Waals surface area (Å²) in [7, 11) is 0. The molecule has 0 aromatic heterocycles. The number of amides is 4. The maximum Gasteiger partial charge on any atom is 0.408 e. The molecule has 0 saturated carbocycles. The van der Waals surface area contributed by atoms with Gasteiger partial charge in [-0.1, -0.05) is 87.9 Å². The van der Waals surface area contributed by atoms with E-state index in [4.69, 9.17) is 4.74 Å². The molecule has 0 heterocycles. The lowest BCUT2D eigenvalue weighted by Crippen LogP contribution is -2.58. The summed E-state index contributed by atoms with van der Waals surface area (Å²) in [6.07, 6.45) is 0.585. The molecule has 4 amide bonds. The van der Waals surface area contributed by atoms with Crippen molar-refractivity contribution in [2.45, 2.75) is 97.5 Å². The standard InChI is InChI=1S/C32H46N4O5/c1-8-15-25(28(37)33-22(4)24-18-13-10-14-19-24)34-29(38)26(20-23-16-11-9-12-17-23)35-30(39)27(21(2)3)36-31(40)41-32(5,6)7/h9-14,16-19,21-22,25-27H,8,15,20H2,1-7H3,(H,33,37)(H,34,38)(H,35,39)(H,36,40)/t22-,25-,26-,27-/m0/s1. The van der Waals surface area contributed by atoms with Crippen LogP contribution in [0.2, 0.25) is 0 Å². The molecule has 2 aromatic carbocycles. The maximum absolute atomic E-state index is 13.6. The molecular weight excluding hydrogens is 520 g/mol. The lowest BCUT2D eigenvalue weighted by molar-refractivity contribution is -0.133. The second kappa shape index (κ2) is 15.8. The van der Waals surface area contributed by atoms with Gasteiger partial charge in [0.05, 0.1) is 6.04 Å². The first-order chi connectivity index (χ1) is 19.3. The smallest absolute Gasteiger partial charge is 0.408 e. The Morgan fingerprint density at radius 1 is 0.732 bits per heavy atom. The average Bonchev–Trinajstić information content (AvgIpc) is 2.90. The van der Waals surface area contributed by atoms with E-state index in [0.29, 0.717) is 12.8 Å². The summed E-state index contributed by atoms with van der Waals surface area (Å²) in [6, 6.07) is 15.9. The van der Waals surface area contributed by atoms with Crippen molar-refractivity contribution < 1.29 is 23.9 Å². The van der Waals surface area contributed by atoms with Gasteiger partial charge in [0.2, 0.25) is 17.7 Å². The zero-order valence-corrected chi connectivity index (χ0v) is 25.3. The summed E-state index contributed by atoms with van der Waals surface area (Å²) >= 11 is 0. The fraction of sp³-hybridized carbons (Fsp3) is 0.500. The number of benzene rings is 2. The molecule has 0 spiro atoms. The minimum absolute atomic E-state index is 0.205. The van der Waals surface area contributed by atoms with Crippen molar-refractivity contribution in [3.05, 3.63) is 71.8 Å². The monoisotopic (exact) mass is 566 g/mol. The van der Waals surface area contributed by atoms with Crippen LogP contribution in [0.15, 0.2) is 60.7 Å². The summed E-state index contributed by atoms with van der Waals surface area (Å²) in [5.41, 5.74) is 1.06. The van der Waals surface area contributed by atoms with E-state index in [-0.39, 0.29) is 24.3 Å². The molecule has 4 atom stereocenters. The van der Waals surface area contributed by atoms with Crippen LogP contribution in [-0.2, 0) is 25.5 Å². The number of carbonyl (C=O) groups is 4. The van der Waals surface area contributed by atoms with Crippen LogP contribution in [0.25, 0.3) is 0 Å². The third-order valence-corrected chi connectivity index (χ3v) is 6.41. The Kier molecular flexibility index (Phi) is 12.8. The van der Waals surface area contributed by atoms with Crippen LogP contribution in [-0.4, -0.2) is 47.5 Å². The minimum atomic E-state index is -0.981. The summed E-state index contributed by atoms with van der Waals surface area (Å²) < 4.78 is 5.33. The first-order valence-electron chi connectivity index (χ1n) is 14.3. The van der Waals surface area contributed by atoms with E-state index in [2.05, 4.69) is 21.3 Å². The molecule has 9 nitrogen and oxygen atoms in total. The maximum atomic E-state index is 13.6. The quantitative estimate of drug-likeness (QED) is 0.286. The number of alkyl carbamates (subject to hydrolysis) is 1. The number of hydrogen-bond donors (Lipinski definition) is 4. The molecule has 0 radical (unpaired) electrons. The second-order valence-electron chi connectivity index (χ2n) is 11.6. The van der Waals surface area contributed by atoms with E-state index in [0.717, 1.165) is 11.1 Å². The Hall–Kier alpha value is -3.88. The Morgan fingerprint density at radius 2 is 1.27 bits per heavy atom. The van der Waals surface area contributed by atoms with Crippen molar-refractivity contribution in [3.63, 3.8) is 0 Å². The van der Waals surface area contributed by atoms with Crippen molar-refractivity contribution in [2.24, 2.45) is 5.92 Å².